The van der Waals surface area contributed by atoms with Gasteiger partial charge in [-0.3, -0.25) is 24.8 Å². The van der Waals surface area contributed by atoms with Crippen LogP contribution in [0.2, 0.25) is 0 Å². The predicted octanol–water partition coefficient (Wildman–Crippen LogP) is 4.66. The second-order valence-corrected chi connectivity index (χ2v) is 11.2. The molecule has 1 saturated carbocycles. The van der Waals surface area contributed by atoms with Crippen molar-refractivity contribution < 1.29 is 14.4 Å². The topological polar surface area (TPSA) is 80.5 Å². The third kappa shape index (κ3) is 4.03. The molecule has 1 fully saturated rings. The van der Waals surface area contributed by atoms with Gasteiger partial charge in [0.25, 0.3) is 5.91 Å². The minimum absolute atomic E-state index is 0.154. The molecule has 0 spiro atoms. The third-order valence-electron chi connectivity index (χ3n) is 7.54. The summed E-state index contributed by atoms with van der Waals surface area (Å²) in [5, 5.41) is 0. The monoisotopic (exact) mass is 519 g/mol. The summed E-state index contributed by atoms with van der Waals surface area (Å²) in [6, 6.07) is 21.8. The molecule has 1 amide bonds. The zero-order valence-corrected chi connectivity index (χ0v) is 21.5. The van der Waals surface area contributed by atoms with Crippen LogP contribution in [0.15, 0.2) is 71.7 Å². The zero-order chi connectivity index (χ0) is 25.8. The Labute approximate surface area is 223 Å². The van der Waals surface area contributed by atoms with Crippen molar-refractivity contribution in [1.82, 2.24) is 4.68 Å². The highest BCUT2D eigenvalue weighted by atomic mass is 32.1. The molecule has 6 aliphatic carbocycles. The van der Waals surface area contributed by atoms with Gasteiger partial charge in [-0.2, -0.15) is 0 Å². The number of carbonyl (C=O) groups excluding carboxylic acids is 3. The van der Waals surface area contributed by atoms with Gasteiger partial charge >= 0.3 is 0 Å². The molecule has 1 N–H and O–H groups in total. The molecule has 0 radical (unpaired) electrons. The molecule has 0 unspecified atom stereocenters. The number of hydrogen-bond donors (Lipinski definition) is 1. The molecular weight excluding hydrogens is 494 g/mol. The van der Waals surface area contributed by atoms with E-state index in [-0.39, 0.29) is 29.2 Å². The number of rotatable bonds is 3. The maximum atomic E-state index is 13.9. The molecular formula is C31H25N3O3S. The maximum absolute atomic E-state index is 13.9. The Morgan fingerprint density at radius 3 is 2.16 bits per heavy atom. The SMILES string of the molecule is O=C(Nn1c2c(sc1=NC1CC1)C(=O)c1ccccc1C2=O)c1cc2ccc1CCc1ccc(cc1)CC2. The molecule has 3 aromatic carbocycles. The van der Waals surface area contributed by atoms with Gasteiger partial charge in [-0.05, 0) is 66.8 Å². The molecule has 10 rings (SSSR count). The summed E-state index contributed by atoms with van der Waals surface area (Å²) in [7, 11) is 0. The lowest BCUT2D eigenvalue weighted by Crippen LogP contribution is -2.35. The van der Waals surface area contributed by atoms with Gasteiger partial charge in [-0.15, -0.1) is 0 Å². The fourth-order valence-electron chi connectivity index (χ4n) is 5.23. The minimum atomic E-state index is -0.301. The number of amides is 1. The minimum Gasteiger partial charge on any atom is -0.288 e. The first-order valence-electron chi connectivity index (χ1n) is 13.0. The van der Waals surface area contributed by atoms with Crippen LogP contribution in [0.25, 0.3) is 0 Å². The Bertz CT molecular complexity index is 1710. The van der Waals surface area contributed by atoms with Gasteiger partial charge in [0, 0.05) is 16.7 Å². The lowest BCUT2D eigenvalue weighted by molar-refractivity contribution is 0.0969. The van der Waals surface area contributed by atoms with Crippen molar-refractivity contribution in [3.63, 3.8) is 0 Å². The summed E-state index contributed by atoms with van der Waals surface area (Å²) in [6.07, 6.45) is 5.20. The fourth-order valence-corrected chi connectivity index (χ4v) is 6.32. The van der Waals surface area contributed by atoms with Crippen molar-refractivity contribution in [2.24, 2.45) is 4.99 Å². The molecule has 6 nitrogen and oxygen atoms in total. The normalized spacial score (nSPS) is 16.6. The van der Waals surface area contributed by atoms with Crippen LogP contribution in [-0.4, -0.2) is 28.2 Å². The van der Waals surface area contributed by atoms with E-state index in [1.165, 1.54) is 27.1 Å². The van der Waals surface area contributed by atoms with Crippen molar-refractivity contribution in [3.05, 3.63) is 121 Å². The molecule has 4 bridgehead atoms. The molecule has 0 atom stereocenters. The van der Waals surface area contributed by atoms with E-state index in [2.05, 4.69) is 35.8 Å². The smallest absolute Gasteiger partial charge is 0.270 e. The number of benzene rings is 3. The first kappa shape index (κ1) is 23.0. The van der Waals surface area contributed by atoms with Crippen LogP contribution in [0, 0.1) is 0 Å². The van der Waals surface area contributed by atoms with E-state index in [0.717, 1.165) is 49.7 Å². The summed E-state index contributed by atoms with van der Waals surface area (Å²) in [6.45, 7) is 0. The fraction of sp³-hybridized carbons (Fsp3) is 0.226. The Balaban J connectivity index is 1.30. The molecule has 7 heteroatoms. The van der Waals surface area contributed by atoms with Crippen LogP contribution >= 0.6 is 11.3 Å². The van der Waals surface area contributed by atoms with Gasteiger partial charge in [0.15, 0.2) is 0 Å². The Morgan fingerprint density at radius 1 is 0.816 bits per heavy atom. The largest absolute Gasteiger partial charge is 0.288 e. The molecule has 4 aromatic rings. The number of ketones is 2. The van der Waals surface area contributed by atoms with E-state index in [1.54, 1.807) is 24.3 Å². The van der Waals surface area contributed by atoms with E-state index >= 15 is 0 Å². The molecule has 0 saturated heterocycles. The predicted molar refractivity (Wildman–Crippen MR) is 146 cm³/mol. The standard InChI is InChI=1S/C31H25N3O3S/c35-27-23-3-1-2-4-24(23)28(36)29-26(27)34(31(38-29)32-22-15-16-22)33-30(37)25-17-20-10-9-18-5-7-19(8-6-18)11-13-21(25)14-12-20/h1-8,12,14,17,22H,9-11,13,15-16H2,(H,33,37). The number of thiazole rings is 1. The quantitative estimate of drug-likeness (QED) is 0.377. The second kappa shape index (κ2) is 9.03. The van der Waals surface area contributed by atoms with E-state index < -0.39 is 0 Å². The summed E-state index contributed by atoms with van der Waals surface area (Å²) in [5.74, 6) is -0.781. The lowest BCUT2D eigenvalue weighted by Gasteiger charge is -2.18. The maximum Gasteiger partial charge on any atom is 0.270 e. The van der Waals surface area contributed by atoms with Crippen LogP contribution < -0.4 is 10.2 Å². The Hall–Kier alpha value is -4.10. The van der Waals surface area contributed by atoms with Gasteiger partial charge in [0.2, 0.25) is 16.4 Å². The summed E-state index contributed by atoms with van der Waals surface area (Å²) in [5.41, 5.74) is 9.07. The van der Waals surface area contributed by atoms with Crippen molar-refractivity contribution in [1.29, 1.82) is 0 Å². The Morgan fingerprint density at radius 2 is 1.45 bits per heavy atom. The number of hydrogen-bond acceptors (Lipinski definition) is 5. The van der Waals surface area contributed by atoms with E-state index in [1.807, 2.05) is 12.1 Å². The van der Waals surface area contributed by atoms with E-state index in [0.29, 0.717) is 26.4 Å². The van der Waals surface area contributed by atoms with Crippen molar-refractivity contribution >= 4 is 28.8 Å². The average molecular weight is 520 g/mol. The molecule has 188 valence electrons. The number of nitrogens with zero attached hydrogens (tertiary/aromatic N) is 2. The summed E-state index contributed by atoms with van der Waals surface area (Å²) >= 11 is 1.18. The average Bonchev–Trinajstić information content (AvgIpc) is 3.69. The van der Waals surface area contributed by atoms with E-state index in [9.17, 15) is 14.4 Å². The first-order chi connectivity index (χ1) is 18.5. The van der Waals surface area contributed by atoms with Gasteiger partial charge in [0.05, 0.1) is 6.04 Å². The van der Waals surface area contributed by atoms with Gasteiger partial charge in [-0.25, -0.2) is 4.68 Å². The number of aryl methyl sites for hydroxylation is 4. The highest BCUT2D eigenvalue weighted by Crippen LogP contribution is 2.30. The number of aromatic nitrogens is 1. The van der Waals surface area contributed by atoms with Crippen molar-refractivity contribution in [3.8, 4) is 0 Å². The molecule has 6 aliphatic rings. The van der Waals surface area contributed by atoms with Gasteiger partial charge in [-0.1, -0.05) is 72.0 Å². The van der Waals surface area contributed by atoms with Gasteiger partial charge < -0.3 is 0 Å². The number of fused-ring (bicyclic) bond motifs is 2. The Kier molecular flexibility index (Phi) is 5.48. The molecule has 38 heavy (non-hydrogen) atoms. The molecule has 0 aliphatic heterocycles. The second-order valence-electron chi connectivity index (χ2n) is 10.2. The summed E-state index contributed by atoms with van der Waals surface area (Å²) < 4.78 is 1.47. The van der Waals surface area contributed by atoms with Crippen LogP contribution in [0.5, 0.6) is 0 Å². The van der Waals surface area contributed by atoms with Gasteiger partial charge in [0.1, 0.15) is 10.6 Å². The van der Waals surface area contributed by atoms with Crippen LogP contribution in [0.3, 0.4) is 0 Å². The first-order valence-corrected chi connectivity index (χ1v) is 13.9. The van der Waals surface area contributed by atoms with E-state index in [4.69, 9.17) is 4.99 Å². The zero-order valence-electron chi connectivity index (χ0n) is 20.7. The van der Waals surface area contributed by atoms with Crippen molar-refractivity contribution in [2.75, 3.05) is 5.43 Å². The summed E-state index contributed by atoms with van der Waals surface area (Å²) in [4.78, 5) is 46.4. The highest BCUT2D eigenvalue weighted by molar-refractivity contribution is 7.12. The van der Waals surface area contributed by atoms with Crippen LogP contribution in [0.4, 0.5) is 0 Å². The number of carbonyl (C=O) groups is 3. The highest BCUT2D eigenvalue weighted by Gasteiger charge is 2.35. The van der Waals surface area contributed by atoms with Crippen LogP contribution in [0.1, 0.15) is 76.7 Å². The third-order valence-corrected chi connectivity index (χ3v) is 8.59. The van der Waals surface area contributed by atoms with Crippen LogP contribution in [-0.2, 0) is 25.7 Å². The number of nitrogens with one attached hydrogen (secondary N) is 1. The molecule has 1 aromatic heterocycles. The van der Waals surface area contributed by atoms with Crippen molar-refractivity contribution in [2.45, 2.75) is 44.6 Å². The molecule has 1 heterocycles. The lowest BCUT2D eigenvalue weighted by atomic mass is 9.91.